The number of rotatable bonds is 2. The topological polar surface area (TPSA) is 63.0 Å². The zero-order valence-electron chi connectivity index (χ0n) is 14.1. The Hall–Kier alpha value is -1.82. The molecule has 3 fully saturated rings. The van der Waals surface area contributed by atoms with E-state index in [1.807, 2.05) is 22.8 Å². The second-order valence-corrected chi connectivity index (χ2v) is 7.26. The molecule has 0 aliphatic carbocycles. The molecule has 3 aliphatic rings. The number of hydrogen-bond donors (Lipinski definition) is 0. The Bertz CT molecular complexity index is 655. The van der Waals surface area contributed by atoms with E-state index in [1.165, 1.54) is 0 Å². The van der Waals surface area contributed by atoms with Crippen LogP contribution in [0.1, 0.15) is 48.4 Å². The largest absolute Gasteiger partial charge is 0.456 e. The zero-order valence-corrected chi connectivity index (χ0v) is 14.1. The Morgan fingerprint density at radius 2 is 2.21 bits per heavy atom. The standard InChI is InChI=1S/C18H24N2O4/c1-13-4-5-15(24-13)17(22)19-9-7-18(12-19)11-14(6-10-23-18)20-8-2-3-16(20)21/h4-5,14H,2-3,6-12H2,1H3/t14-,18-/m0/s1. The third kappa shape index (κ3) is 2.73. The molecule has 0 radical (unpaired) electrons. The van der Waals surface area contributed by atoms with Crippen molar-refractivity contribution in [2.45, 2.75) is 50.7 Å². The van der Waals surface area contributed by atoms with Gasteiger partial charge in [-0.05, 0) is 44.7 Å². The van der Waals surface area contributed by atoms with Gasteiger partial charge in [0.25, 0.3) is 5.91 Å². The maximum Gasteiger partial charge on any atom is 0.289 e. The van der Waals surface area contributed by atoms with Crippen LogP contribution in [0.25, 0.3) is 0 Å². The van der Waals surface area contributed by atoms with E-state index in [-0.39, 0.29) is 23.5 Å². The summed E-state index contributed by atoms with van der Waals surface area (Å²) in [5, 5.41) is 0. The number of nitrogens with zero attached hydrogens (tertiary/aromatic N) is 2. The number of hydrogen-bond acceptors (Lipinski definition) is 4. The van der Waals surface area contributed by atoms with Crippen LogP contribution in [0.5, 0.6) is 0 Å². The predicted octanol–water partition coefficient (Wildman–Crippen LogP) is 1.97. The van der Waals surface area contributed by atoms with Gasteiger partial charge in [-0.1, -0.05) is 0 Å². The molecule has 0 N–H and O–H groups in total. The quantitative estimate of drug-likeness (QED) is 0.831. The number of furan rings is 1. The highest BCUT2D eigenvalue weighted by atomic mass is 16.5. The summed E-state index contributed by atoms with van der Waals surface area (Å²) in [4.78, 5) is 28.5. The molecule has 1 aromatic rings. The van der Waals surface area contributed by atoms with E-state index in [0.717, 1.165) is 38.0 Å². The lowest BCUT2D eigenvalue weighted by Crippen LogP contribution is -2.50. The summed E-state index contributed by atoms with van der Waals surface area (Å²) < 4.78 is 11.6. The molecule has 3 saturated heterocycles. The highest BCUT2D eigenvalue weighted by molar-refractivity contribution is 5.91. The maximum absolute atomic E-state index is 12.6. The van der Waals surface area contributed by atoms with E-state index >= 15 is 0 Å². The van der Waals surface area contributed by atoms with E-state index in [4.69, 9.17) is 9.15 Å². The van der Waals surface area contributed by atoms with Gasteiger partial charge in [-0.3, -0.25) is 9.59 Å². The van der Waals surface area contributed by atoms with Gasteiger partial charge in [-0.2, -0.15) is 0 Å². The first-order chi connectivity index (χ1) is 11.6. The summed E-state index contributed by atoms with van der Waals surface area (Å²) >= 11 is 0. The molecule has 0 saturated carbocycles. The van der Waals surface area contributed by atoms with Crippen LogP contribution in [-0.4, -0.2) is 59.5 Å². The Kier molecular flexibility index (Phi) is 3.87. The third-order valence-electron chi connectivity index (χ3n) is 5.57. The molecule has 2 atom stereocenters. The summed E-state index contributed by atoms with van der Waals surface area (Å²) in [6.07, 6.45) is 4.20. The molecule has 4 heterocycles. The lowest BCUT2D eigenvalue weighted by Gasteiger charge is -2.41. The number of carbonyl (C=O) groups is 2. The zero-order chi connectivity index (χ0) is 16.7. The van der Waals surface area contributed by atoms with Crippen LogP contribution in [-0.2, 0) is 9.53 Å². The molecular weight excluding hydrogens is 308 g/mol. The minimum absolute atomic E-state index is 0.0667. The molecule has 0 unspecified atom stereocenters. The Balaban J connectivity index is 1.44. The first kappa shape index (κ1) is 15.7. The molecule has 130 valence electrons. The van der Waals surface area contributed by atoms with Crippen molar-refractivity contribution in [3.63, 3.8) is 0 Å². The number of aryl methyl sites for hydroxylation is 1. The van der Waals surface area contributed by atoms with E-state index in [0.29, 0.717) is 31.9 Å². The van der Waals surface area contributed by atoms with E-state index in [1.54, 1.807) is 6.07 Å². The van der Waals surface area contributed by atoms with Crippen LogP contribution in [0.3, 0.4) is 0 Å². The molecule has 4 rings (SSSR count). The van der Waals surface area contributed by atoms with Crippen LogP contribution in [0.15, 0.2) is 16.5 Å². The number of likely N-dealkylation sites (tertiary alicyclic amines) is 2. The lowest BCUT2D eigenvalue weighted by atomic mass is 9.89. The highest BCUT2D eigenvalue weighted by Crippen LogP contribution is 2.37. The predicted molar refractivity (Wildman–Crippen MR) is 86.6 cm³/mol. The molecule has 0 bridgehead atoms. The van der Waals surface area contributed by atoms with Gasteiger partial charge in [0.05, 0.1) is 12.1 Å². The van der Waals surface area contributed by atoms with Gasteiger partial charge < -0.3 is 19.0 Å². The number of amides is 2. The molecule has 6 nitrogen and oxygen atoms in total. The maximum atomic E-state index is 12.6. The molecule has 3 aliphatic heterocycles. The normalized spacial score (nSPS) is 30.5. The number of ether oxygens (including phenoxy) is 1. The lowest BCUT2D eigenvalue weighted by molar-refractivity contribution is -0.137. The van der Waals surface area contributed by atoms with Gasteiger partial charge in [-0.25, -0.2) is 0 Å². The highest BCUT2D eigenvalue weighted by Gasteiger charge is 2.47. The Morgan fingerprint density at radius 3 is 2.92 bits per heavy atom. The van der Waals surface area contributed by atoms with Crippen LogP contribution in [0, 0.1) is 6.92 Å². The van der Waals surface area contributed by atoms with Gasteiger partial charge in [0.1, 0.15) is 5.76 Å². The molecular formula is C18H24N2O4. The van der Waals surface area contributed by atoms with E-state index < -0.39 is 0 Å². The van der Waals surface area contributed by atoms with Crippen molar-refractivity contribution < 1.29 is 18.7 Å². The van der Waals surface area contributed by atoms with Gasteiger partial charge in [0.15, 0.2) is 5.76 Å². The fourth-order valence-corrected chi connectivity index (χ4v) is 4.33. The van der Waals surface area contributed by atoms with E-state index in [9.17, 15) is 9.59 Å². The smallest absolute Gasteiger partial charge is 0.289 e. The van der Waals surface area contributed by atoms with Crippen LogP contribution in [0.2, 0.25) is 0 Å². The fourth-order valence-electron chi connectivity index (χ4n) is 4.33. The van der Waals surface area contributed by atoms with Crippen molar-refractivity contribution in [2.24, 2.45) is 0 Å². The first-order valence-electron chi connectivity index (χ1n) is 8.85. The summed E-state index contributed by atoms with van der Waals surface area (Å²) in [6.45, 7) is 4.64. The SMILES string of the molecule is Cc1ccc(C(=O)N2CC[C@]3(C[C@@H](N4CCCC4=O)CCO3)C2)o1. The first-order valence-corrected chi connectivity index (χ1v) is 8.85. The summed E-state index contributed by atoms with van der Waals surface area (Å²) in [6, 6.07) is 3.80. The average Bonchev–Trinajstić information content (AvgIpc) is 3.28. The van der Waals surface area contributed by atoms with Gasteiger partial charge in [0, 0.05) is 32.2 Å². The molecule has 24 heavy (non-hydrogen) atoms. The Labute approximate surface area is 141 Å². The monoisotopic (exact) mass is 332 g/mol. The van der Waals surface area contributed by atoms with Crippen molar-refractivity contribution in [3.8, 4) is 0 Å². The minimum atomic E-state index is -0.302. The van der Waals surface area contributed by atoms with Crippen molar-refractivity contribution in [1.82, 2.24) is 9.80 Å². The Morgan fingerprint density at radius 1 is 1.33 bits per heavy atom. The second kappa shape index (κ2) is 5.92. The average molecular weight is 332 g/mol. The van der Waals surface area contributed by atoms with Crippen LogP contribution < -0.4 is 0 Å². The molecule has 1 aromatic heterocycles. The molecule has 6 heteroatoms. The summed E-state index contributed by atoms with van der Waals surface area (Å²) in [7, 11) is 0. The third-order valence-corrected chi connectivity index (χ3v) is 5.57. The van der Waals surface area contributed by atoms with Crippen molar-refractivity contribution in [2.75, 3.05) is 26.2 Å². The molecule has 2 amide bonds. The molecule has 1 spiro atoms. The minimum Gasteiger partial charge on any atom is -0.456 e. The number of carbonyl (C=O) groups excluding carboxylic acids is 2. The van der Waals surface area contributed by atoms with Gasteiger partial charge in [-0.15, -0.1) is 0 Å². The van der Waals surface area contributed by atoms with Gasteiger partial charge >= 0.3 is 0 Å². The summed E-state index contributed by atoms with van der Waals surface area (Å²) in [5.41, 5.74) is -0.302. The fraction of sp³-hybridized carbons (Fsp3) is 0.667. The van der Waals surface area contributed by atoms with Crippen molar-refractivity contribution in [1.29, 1.82) is 0 Å². The second-order valence-electron chi connectivity index (χ2n) is 7.26. The van der Waals surface area contributed by atoms with Crippen LogP contribution >= 0.6 is 0 Å². The van der Waals surface area contributed by atoms with Crippen molar-refractivity contribution in [3.05, 3.63) is 23.7 Å². The molecule has 0 aromatic carbocycles. The van der Waals surface area contributed by atoms with Gasteiger partial charge in [0.2, 0.25) is 5.91 Å². The van der Waals surface area contributed by atoms with E-state index in [2.05, 4.69) is 0 Å². The van der Waals surface area contributed by atoms with Crippen LogP contribution in [0.4, 0.5) is 0 Å². The summed E-state index contributed by atoms with van der Waals surface area (Å²) in [5.74, 6) is 1.34. The van der Waals surface area contributed by atoms with Crippen molar-refractivity contribution >= 4 is 11.8 Å².